The zero-order chi connectivity index (χ0) is 12.1. The van der Waals surface area contributed by atoms with Crippen molar-refractivity contribution in [2.45, 2.75) is 25.2 Å². The average Bonchev–Trinajstić information content (AvgIpc) is 2.90. The van der Waals surface area contributed by atoms with Gasteiger partial charge in [-0.15, -0.1) is 0 Å². The van der Waals surface area contributed by atoms with Crippen molar-refractivity contribution in [1.29, 1.82) is 5.26 Å². The summed E-state index contributed by atoms with van der Waals surface area (Å²) in [5.41, 5.74) is 0.933. The third-order valence-electron chi connectivity index (χ3n) is 3.20. The Morgan fingerprint density at radius 1 is 1.29 bits per heavy atom. The van der Waals surface area contributed by atoms with Gasteiger partial charge < -0.3 is 4.90 Å². The summed E-state index contributed by atoms with van der Waals surface area (Å²) in [6, 6.07) is 11.8. The summed E-state index contributed by atoms with van der Waals surface area (Å²) >= 11 is 0. The van der Waals surface area contributed by atoms with E-state index >= 15 is 0 Å². The zero-order valence-electron chi connectivity index (χ0n) is 9.80. The van der Waals surface area contributed by atoms with E-state index in [4.69, 9.17) is 5.26 Å². The molecule has 1 atom stereocenters. The van der Waals surface area contributed by atoms with Gasteiger partial charge in [-0.1, -0.05) is 30.3 Å². The Kier molecular flexibility index (Phi) is 3.77. The number of rotatable bonds is 3. The van der Waals surface area contributed by atoms with Crippen LogP contribution in [-0.2, 0) is 4.79 Å². The Morgan fingerprint density at radius 2 is 1.94 bits per heavy atom. The first-order chi connectivity index (χ1) is 8.31. The largest absolute Gasteiger partial charge is 0.343 e. The Labute approximate surface area is 102 Å². The molecule has 88 valence electrons. The van der Waals surface area contributed by atoms with E-state index in [9.17, 15) is 4.79 Å². The molecule has 1 heterocycles. The number of benzene rings is 1. The molecule has 0 saturated carbocycles. The van der Waals surface area contributed by atoms with Crippen molar-refractivity contribution in [2.75, 3.05) is 13.1 Å². The lowest BCUT2D eigenvalue weighted by atomic mass is 9.97. The molecule has 1 aromatic carbocycles. The lowest BCUT2D eigenvalue weighted by Gasteiger charge is -2.17. The highest BCUT2D eigenvalue weighted by Crippen LogP contribution is 2.21. The van der Waals surface area contributed by atoms with Crippen molar-refractivity contribution in [3.63, 3.8) is 0 Å². The number of amides is 1. The molecule has 2 rings (SSSR count). The molecule has 0 aromatic heterocycles. The molecule has 1 aliphatic rings. The van der Waals surface area contributed by atoms with Crippen LogP contribution in [0.2, 0.25) is 0 Å². The van der Waals surface area contributed by atoms with E-state index in [0.29, 0.717) is 6.42 Å². The van der Waals surface area contributed by atoms with E-state index in [1.54, 1.807) is 0 Å². The van der Waals surface area contributed by atoms with Crippen LogP contribution in [0.15, 0.2) is 30.3 Å². The summed E-state index contributed by atoms with van der Waals surface area (Å²) < 4.78 is 0. The minimum Gasteiger partial charge on any atom is -0.343 e. The summed E-state index contributed by atoms with van der Waals surface area (Å²) in [7, 11) is 0. The van der Waals surface area contributed by atoms with E-state index < -0.39 is 0 Å². The van der Waals surface area contributed by atoms with Gasteiger partial charge in [-0.2, -0.15) is 5.26 Å². The van der Waals surface area contributed by atoms with Gasteiger partial charge in [-0.05, 0) is 18.4 Å². The Balaban J connectivity index is 2.01. The number of nitriles is 1. The minimum absolute atomic E-state index is 0.109. The summed E-state index contributed by atoms with van der Waals surface area (Å²) in [6.45, 7) is 1.71. The van der Waals surface area contributed by atoms with E-state index in [1.165, 1.54) is 0 Å². The SMILES string of the molecule is N#CC(CC(=O)N1CCCC1)c1ccccc1. The molecule has 0 N–H and O–H groups in total. The predicted octanol–water partition coefficient (Wildman–Crippen LogP) is 2.31. The van der Waals surface area contributed by atoms with Crippen molar-refractivity contribution in [2.24, 2.45) is 0 Å². The van der Waals surface area contributed by atoms with Crippen LogP contribution in [0.5, 0.6) is 0 Å². The monoisotopic (exact) mass is 228 g/mol. The molecule has 0 radical (unpaired) electrons. The second-order valence-electron chi connectivity index (χ2n) is 4.38. The highest BCUT2D eigenvalue weighted by molar-refractivity contribution is 5.77. The van der Waals surface area contributed by atoms with Gasteiger partial charge in [-0.3, -0.25) is 4.79 Å². The highest BCUT2D eigenvalue weighted by atomic mass is 16.2. The van der Waals surface area contributed by atoms with Crippen molar-refractivity contribution < 1.29 is 4.79 Å². The fraction of sp³-hybridized carbons (Fsp3) is 0.429. The van der Waals surface area contributed by atoms with Crippen LogP contribution in [0.3, 0.4) is 0 Å². The lowest BCUT2D eigenvalue weighted by molar-refractivity contribution is -0.130. The molecule has 1 aromatic rings. The van der Waals surface area contributed by atoms with E-state index in [1.807, 2.05) is 35.2 Å². The standard InChI is InChI=1S/C14H16N2O/c15-11-13(12-6-2-1-3-7-12)10-14(17)16-8-4-5-9-16/h1-3,6-7,13H,4-5,8-10H2. The smallest absolute Gasteiger partial charge is 0.224 e. The molecular weight excluding hydrogens is 212 g/mol. The third kappa shape index (κ3) is 2.85. The molecule has 1 aliphatic heterocycles. The van der Waals surface area contributed by atoms with E-state index in [2.05, 4.69) is 6.07 Å². The van der Waals surface area contributed by atoms with Crippen LogP contribution in [0.25, 0.3) is 0 Å². The molecule has 1 amide bonds. The number of carbonyl (C=O) groups excluding carboxylic acids is 1. The van der Waals surface area contributed by atoms with Crippen molar-refractivity contribution in [1.82, 2.24) is 4.90 Å². The topological polar surface area (TPSA) is 44.1 Å². The van der Waals surface area contributed by atoms with Gasteiger partial charge in [0.25, 0.3) is 0 Å². The third-order valence-corrected chi connectivity index (χ3v) is 3.20. The average molecular weight is 228 g/mol. The first-order valence-electron chi connectivity index (χ1n) is 6.03. The fourth-order valence-electron chi connectivity index (χ4n) is 2.19. The van der Waals surface area contributed by atoms with Crippen LogP contribution >= 0.6 is 0 Å². The summed E-state index contributed by atoms with van der Waals surface area (Å²) in [4.78, 5) is 13.8. The molecule has 17 heavy (non-hydrogen) atoms. The van der Waals surface area contributed by atoms with Gasteiger partial charge in [0, 0.05) is 19.5 Å². The van der Waals surface area contributed by atoms with Gasteiger partial charge in [0.05, 0.1) is 12.0 Å². The van der Waals surface area contributed by atoms with Gasteiger partial charge in [0.2, 0.25) is 5.91 Å². The van der Waals surface area contributed by atoms with Crippen molar-refractivity contribution in [3.8, 4) is 6.07 Å². The van der Waals surface area contributed by atoms with Crippen LogP contribution in [-0.4, -0.2) is 23.9 Å². The molecular formula is C14H16N2O. The van der Waals surface area contributed by atoms with Gasteiger partial charge in [0.1, 0.15) is 0 Å². The molecule has 0 bridgehead atoms. The second kappa shape index (κ2) is 5.49. The first kappa shape index (κ1) is 11.7. The zero-order valence-corrected chi connectivity index (χ0v) is 9.80. The van der Waals surface area contributed by atoms with Gasteiger partial charge in [0.15, 0.2) is 0 Å². The Morgan fingerprint density at radius 3 is 2.53 bits per heavy atom. The van der Waals surface area contributed by atoms with Crippen LogP contribution < -0.4 is 0 Å². The number of likely N-dealkylation sites (tertiary alicyclic amines) is 1. The Bertz CT molecular complexity index is 416. The van der Waals surface area contributed by atoms with Crippen molar-refractivity contribution in [3.05, 3.63) is 35.9 Å². The van der Waals surface area contributed by atoms with Crippen LogP contribution in [0.1, 0.15) is 30.7 Å². The van der Waals surface area contributed by atoms with E-state index in [-0.39, 0.29) is 11.8 Å². The second-order valence-corrected chi connectivity index (χ2v) is 4.38. The molecule has 0 spiro atoms. The first-order valence-corrected chi connectivity index (χ1v) is 6.03. The maximum absolute atomic E-state index is 12.0. The summed E-state index contributed by atoms with van der Waals surface area (Å²) in [5, 5.41) is 9.15. The maximum atomic E-state index is 12.0. The maximum Gasteiger partial charge on any atom is 0.224 e. The van der Waals surface area contributed by atoms with Crippen molar-refractivity contribution >= 4 is 5.91 Å². The number of hydrogen-bond acceptors (Lipinski definition) is 2. The highest BCUT2D eigenvalue weighted by Gasteiger charge is 2.22. The molecule has 3 nitrogen and oxygen atoms in total. The van der Waals surface area contributed by atoms with Crippen LogP contribution in [0, 0.1) is 11.3 Å². The Hall–Kier alpha value is -1.82. The lowest BCUT2D eigenvalue weighted by Crippen LogP contribution is -2.28. The normalized spacial score (nSPS) is 16.5. The summed E-state index contributed by atoms with van der Waals surface area (Å²) in [6.07, 6.45) is 2.49. The van der Waals surface area contributed by atoms with E-state index in [0.717, 1.165) is 31.5 Å². The number of carbonyl (C=O) groups is 1. The minimum atomic E-state index is -0.315. The van der Waals surface area contributed by atoms with Gasteiger partial charge >= 0.3 is 0 Å². The molecule has 1 saturated heterocycles. The molecule has 3 heteroatoms. The number of hydrogen-bond donors (Lipinski definition) is 0. The number of nitrogens with zero attached hydrogens (tertiary/aromatic N) is 2. The molecule has 1 fully saturated rings. The molecule has 0 aliphatic carbocycles. The fourth-order valence-corrected chi connectivity index (χ4v) is 2.19. The quantitative estimate of drug-likeness (QED) is 0.796. The summed E-state index contributed by atoms with van der Waals surface area (Å²) in [5.74, 6) is -0.206. The predicted molar refractivity (Wildman–Crippen MR) is 65.2 cm³/mol. The van der Waals surface area contributed by atoms with Crippen LogP contribution in [0.4, 0.5) is 0 Å². The molecule has 1 unspecified atom stereocenters. The van der Waals surface area contributed by atoms with Gasteiger partial charge in [-0.25, -0.2) is 0 Å².